The monoisotopic (exact) mass is 355 g/mol. The van der Waals surface area contributed by atoms with Crippen molar-refractivity contribution < 1.29 is 19.4 Å². The van der Waals surface area contributed by atoms with Crippen LogP contribution in [-0.4, -0.2) is 19.0 Å². The highest BCUT2D eigenvalue weighted by atomic mass is 35.5. The lowest BCUT2D eigenvalue weighted by Gasteiger charge is -2.10. The smallest absolute Gasteiger partial charge is 0.266 e. The van der Waals surface area contributed by atoms with E-state index in [0.717, 1.165) is 0 Å². The number of methoxy groups -OCH3 is 1. The van der Waals surface area contributed by atoms with Crippen molar-refractivity contribution in [2.24, 2.45) is 0 Å². The average molecular weight is 356 g/mol. The molecule has 0 saturated heterocycles. The molecule has 0 heterocycles. The lowest BCUT2D eigenvalue weighted by Crippen LogP contribution is -2.23. The predicted octanol–water partition coefficient (Wildman–Crippen LogP) is 2.26. The Labute approximate surface area is 148 Å². The zero-order chi connectivity index (χ0) is 18.4. The maximum atomic E-state index is 12.2. The Morgan fingerprint density at radius 3 is 2.48 bits per heavy atom. The molecule has 0 aliphatic carbocycles. The number of rotatable bonds is 5. The van der Waals surface area contributed by atoms with Crippen LogP contribution in [0, 0.1) is 11.3 Å². The van der Waals surface area contributed by atoms with E-state index in [9.17, 15) is 20.0 Å². The molecule has 2 aromatic carbocycles. The van der Waals surface area contributed by atoms with Crippen molar-refractivity contribution in [1.29, 1.82) is 5.26 Å². The lowest BCUT2D eigenvalue weighted by molar-refractivity contribution is -0.255. The third-order valence-corrected chi connectivity index (χ3v) is 3.47. The summed E-state index contributed by atoms with van der Waals surface area (Å²) in [6.45, 7) is 0. The first-order valence-corrected chi connectivity index (χ1v) is 7.40. The molecule has 0 fully saturated rings. The number of nitrogens with zero attached hydrogens (tertiary/aromatic N) is 1. The Kier molecular flexibility index (Phi) is 5.77. The largest absolute Gasteiger partial charge is 0.545 e. The zero-order valence-electron chi connectivity index (χ0n) is 13.1. The van der Waals surface area contributed by atoms with Gasteiger partial charge in [-0.15, -0.1) is 0 Å². The normalized spacial score (nSPS) is 10.7. The van der Waals surface area contributed by atoms with Crippen LogP contribution < -0.4 is 15.2 Å². The summed E-state index contributed by atoms with van der Waals surface area (Å²) in [7, 11) is 1.33. The molecule has 0 aliphatic rings. The van der Waals surface area contributed by atoms with E-state index in [0.29, 0.717) is 16.3 Å². The fourth-order valence-corrected chi connectivity index (χ4v) is 2.15. The molecule has 0 aliphatic heterocycles. The number of hydrogen-bond acceptors (Lipinski definition) is 5. The van der Waals surface area contributed by atoms with Crippen LogP contribution in [0.1, 0.15) is 15.9 Å². The van der Waals surface area contributed by atoms with Gasteiger partial charge >= 0.3 is 0 Å². The van der Waals surface area contributed by atoms with Crippen LogP contribution in [0.25, 0.3) is 6.08 Å². The minimum Gasteiger partial charge on any atom is -0.545 e. The van der Waals surface area contributed by atoms with Crippen LogP contribution in [0.3, 0.4) is 0 Å². The lowest BCUT2D eigenvalue weighted by atomic mass is 10.1. The highest BCUT2D eigenvalue weighted by Gasteiger charge is 2.11. The van der Waals surface area contributed by atoms with Gasteiger partial charge in [-0.1, -0.05) is 17.7 Å². The van der Waals surface area contributed by atoms with E-state index in [2.05, 4.69) is 5.32 Å². The molecule has 126 valence electrons. The van der Waals surface area contributed by atoms with Crippen LogP contribution in [-0.2, 0) is 4.79 Å². The second-order valence-corrected chi connectivity index (χ2v) is 5.31. The van der Waals surface area contributed by atoms with Gasteiger partial charge in [-0.25, -0.2) is 0 Å². The fraction of sp³-hybridized carbons (Fsp3) is 0.0556. The maximum Gasteiger partial charge on any atom is 0.266 e. The molecule has 2 rings (SSSR count). The van der Waals surface area contributed by atoms with Crippen LogP contribution >= 0.6 is 11.6 Å². The van der Waals surface area contributed by atoms with E-state index >= 15 is 0 Å². The Bertz CT molecular complexity index is 883. The fourth-order valence-electron chi connectivity index (χ4n) is 2.02. The number of nitrogens with one attached hydrogen (secondary N) is 1. The van der Waals surface area contributed by atoms with E-state index in [4.69, 9.17) is 16.3 Å². The topological polar surface area (TPSA) is 102 Å². The number of carboxylic acid groups (broad SMARTS) is 1. The number of carbonyl (C=O) groups excluding carboxylic acids is 2. The Hall–Kier alpha value is -3.30. The molecule has 0 aromatic heterocycles. The van der Waals surface area contributed by atoms with E-state index < -0.39 is 11.9 Å². The van der Waals surface area contributed by atoms with E-state index in [1.165, 1.54) is 31.4 Å². The highest BCUT2D eigenvalue weighted by molar-refractivity contribution is 6.30. The first kappa shape index (κ1) is 18.0. The number of aromatic carboxylic acids is 1. The molecule has 7 heteroatoms. The number of nitriles is 1. The van der Waals surface area contributed by atoms with Gasteiger partial charge in [0.05, 0.1) is 13.1 Å². The zero-order valence-corrected chi connectivity index (χ0v) is 13.8. The Morgan fingerprint density at radius 1 is 1.24 bits per heavy atom. The van der Waals surface area contributed by atoms with Gasteiger partial charge in [0, 0.05) is 16.3 Å². The van der Waals surface area contributed by atoms with Crippen molar-refractivity contribution in [2.75, 3.05) is 12.4 Å². The highest BCUT2D eigenvalue weighted by Crippen LogP contribution is 2.21. The number of hydrogen-bond donors (Lipinski definition) is 1. The molecular weight excluding hydrogens is 344 g/mol. The Morgan fingerprint density at radius 2 is 1.92 bits per heavy atom. The third-order valence-electron chi connectivity index (χ3n) is 3.22. The number of ether oxygens (including phenoxy) is 1. The second kappa shape index (κ2) is 7.99. The number of halogens is 1. The van der Waals surface area contributed by atoms with Crippen LogP contribution in [0.2, 0.25) is 5.02 Å². The summed E-state index contributed by atoms with van der Waals surface area (Å²) in [5.41, 5.74) is 0.458. The van der Waals surface area contributed by atoms with E-state index in [1.807, 2.05) is 0 Å². The minimum atomic E-state index is -1.42. The van der Waals surface area contributed by atoms with Crippen LogP contribution in [0.5, 0.6) is 5.75 Å². The quantitative estimate of drug-likeness (QED) is 0.654. The number of benzene rings is 2. The van der Waals surface area contributed by atoms with Crippen molar-refractivity contribution >= 4 is 35.2 Å². The summed E-state index contributed by atoms with van der Waals surface area (Å²) in [4.78, 5) is 23.3. The van der Waals surface area contributed by atoms with Gasteiger partial charge in [-0.05, 0) is 48.0 Å². The molecule has 1 amide bonds. The molecule has 25 heavy (non-hydrogen) atoms. The third kappa shape index (κ3) is 4.59. The first-order chi connectivity index (χ1) is 11.9. The molecule has 0 saturated carbocycles. The number of amides is 1. The van der Waals surface area contributed by atoms with E-state index in [1.54, 1.807) is 30.3 Å². The molecule has 0 bridgehead atoms. The van der Waals surface area contributed by atoms with Crippen molar-refractivity contribution in [3.05, 3.63) is 64.2 Å². The SMILES string of the molecule is COc1ccc(/C=C(/C#N)C(=O)Nc2ccc(Cl)cc2)cc1C(=O)[O-]. The van der Waals surface area contributed by atoms with Gasteiger partial charge in [0.1, 0.15) is 17.4 Å². The summed E-state index contributed by atoms with van der Waals surface area (Å²) in [6.07, 6.45) is 1.27. The molecule has 2 aromatic rings. The van der Waals surface area contributed by atoms with Crippen LogP contribution in [0.15, 0.2) is 48.0 Å². The number of carbonyl (C=O) groups is 2. The van der Waals surface area contributed by atoms with E-state index in [-0.39, 0.29) is 16.9 Å². The van der Waals surface area contributed by atoms with Gasteiger partial charge in [0.15, 0.2) is 0 Å². The standard InChI is InChI=1S/C18H13ClN2O4/c1-25-16-7-2-11(9-15(16)18(23)24)8-12(10-20)17(22)21-14-5-3-13(19)4-6-14/h2-9H,1H3,(H,21,22)(H,23,24)/p-1/b12-8-. The van der Waals surface area contributed by atoms with Crippen LogP contribution in [0.4, 0.5) is 5.69 Å². The van der Waals surface area contributed by atoms with Gasteiger partial charge in [-0.3, -0.25) is 4.79 Å². The van der Waals surface area contributed by atoms with Gasteiger partial charge < -0.3 is 20.0 Å². The van der Waals surface area contributed by atoms with Crippen molar-refractivity contribution in [2.45, 2.75) is 0 Å². The molecule has 0 atom stereocenters. The summed E-state index contributed by atoms with van der Waals surface area (Å²) in [6, 6.07) is 12.4. The maximum absolute atomic E-state index is 12.2. The van der Waals surface area contributed by atoms with Gasteiger partial charge in [0.25, 0.3) is 5.91 Å². The second-order valence-electron chi connectivity index (χ2n) is 4.88. The molecule has 6 nitrogen and oxygen atoms in total. The first-order valence-electron chi connectivity index (χ1n) is 7.02. The molecule has 0 radical (unpaired) electrons. The van der Waals surface area contributed by atoms with Crippen molar-refractivity contribution in [3.63, 3.8) is 0 Å². The molecule has 1 N–H and O–H groups in total. The molecule has 0 unspecified atom stereocenters. The summed E-state index contributed by atoms with van der Waals surface area (Å²) < 4.78 is 4.93. The number of anilines is 1. The molecule has 0 spiro atoms. The van der Waals surface area contributed by atoms with Crippen molar-refractivity contribution in [1.82, 2.24) is 0 Å². The molecular formula is C18H12ClN2O4-. The van der Waals surface area contributed by atoms with Gasteiger partial charge in [0.2, 0.25) is 0 Å². The predicted molar refractivity (Wildman–Crippen MR) is 91.0 cm³/mol. The Balaban J connectivity index is 2.29. The summed E-state index contributed by atoms with van der Waals surface area (Å²) >= 11 is 5.77. The summed E-state index contributed by atoms with van der Waals surface area (Å²) in [5, 5.41) is 23.4. The minimum absolute atomic E-state index is 0.126. The number of carboxylic acids is 1. The van der Waals surface area contributed by atoms with Crippen molar-refractivity contribution in [3.8, 4) is 11.8 Å². The average Bonchev–Trinajstić information content (AvgIpc) is 2.61. The summed E-state index contributed by atoms with van der Waals surface area (Å²) in [5.74, 6) is -1.92. The van der Waals surface area contributed by atoms with Gasteiger partial charge in [-0.2, -0.15) is 5.26 Å².